The summed E-state index contributed by atoms with van der Waals surface area (Å²) < 4.78 is 15.0. The third-order valence-corrected chi connectivity index (χ3v) is 3.88. The number of para-hydroxylation sites is 2. The summed E-state index contributed by atoms with van der Waals surface area (Å²) >= 11 is 5.87. The molecule has 118 valence electrons. The highest BCUT2D eigenvalue weighted by atomic mass is 35.5. The van der Waals surface area contributed by atoms with Crippen molar-refractivity contribution in [1.29, 1.82) is 0 Å². The highest BCUT2D eigenvalue weighted by Gasteiger charge is 2.10. The number of carbonyl (C=O) groups excluding carboxylic acids is 1. The van der Waals surface area contributed by atoms with Crippen LogP contribution in [0.15, 0.2) is 48.8 Å². The minimum Gasteiger partial charge on any atom is -0.352 e. The predicted octanol–water partition coefficient (Wildman–Crippen LogP) is 3.65. The first-order valence-electron chi connectivity index (χ1n) is 7.28. The third-order valence-electron chi connectivity index (χ3n) is 3.56. The fourth-order valence-corrected chi connectivity index (χ4v) is 2.66. The molecule has 3 aromatic rings. The van der Waals surface area contributed by atoms with Crippen molar-refractivity contribution in [2.75, 3.05) is 6.54 Å². The summed E-state index contributed by atoms with van der Waals surface area (Å²) in [5.74, 6) is -0.760. The summed E-state index contributed by atoms with van der Waals surface area (Å²) in [5.41, 5.74) is 2.30. The number of benzene rings is 2. The van der Waals surface area contributed by atoms with E-state index in [4.69, 9.17) is 11.6 Å². The molecule has 23 heavy (non-hydrogen) atoms. The molecule has 0 saturated heterocycles. The van der Waals surface area contributed by atoms with Crippen LogP contribution in [0, 0.1) is 5.82 Å². The van der Waals surface area contributed by atoms with Gasteiger partial charge in [0, 0.05) is 13.1 Å². The molecule has 0 spiro atoms. The lowest BCUT2D eigenvalue weighted by Crippen LogP contribution is -2.25. The molecule has 0 fully saturated rings. The van der Waals surface area contributed by atoms with Crippen LogP contribution >= 0.6 is 11.6 Å². The minimum atomic E-state index is -0.460. The summed E-state index contributed by atoms with van der Waals surface area (Å²) in [4.78, 5) is 16.3. The molecule has 0 radical (unpaired) electrons. The number of carbonyl (C=O) groups is 1. The first-order chi connectivity index (χ1) is 11.1. The number of nitrogens with zero attached hydrogens (tertiary/aromatic N) is 2. The summed E-state index contributed by atoms with van der Waals surface area (Å²) in [5, 5.41) is 2.90. The van der Waals surface area contributed by atoms with E-state index in [0.717, 1.165) is 30.1 Å². The van der Waals surface area contributed by atoms with Gasteiger partial charge in [-0.05, 0) is 36.8 Å². The lowest BCUT2D eigenvalue weighted by atomic mass is 10.2. The Morgan fingerprint density at radius 3 is 2.91 bits per heavy atom. The van der Waals surface area contributed by atoms with Crippen LogP contribution in [0.1, 0.15) is 16.8 Å². The van der Waals surface area contributed by atoms with Gasteiger partial charge in [0.05, 0.1) is 27.9 Å². The maximum absolute atomic E-state index is 13.0. The number of fused-ring (bicyclic) bond motifs is 1. The normalized spacial score (nSPS) is 10.9. The topological polar surface area (TPSA) is 46.9 Å². The second-order valence-corrected chi connectivity index (χ2v) is 5.57. The number of aromatic nitrogens is 2. The summed E-state index contributed by atoms with van der Waals surface area (Å²) in [6.45, 7) is 1.25. The van der Waals surface area contributed by atoms with Gasteiger partial charge >= 0.3 is 0 Å². The molecule has 0 aliphatic rings. The zero-order valence-electron chi connectivity index (χ0n) is 12.3. The van der Waals surface area contributed by atoms with E-state index in [1.54, 1.807) is 6.33 Å². The van der Waals surface area contributed by atoms with Crippen LogP contribution < -0.4 is 5.32 Å². The van der Waals surface area contributed by atoms with Gasteiger partial charge in [-0.1, -0.05) is 23.7 Å². The second kappa shape index (κ2) is 6.79. The van der Waals surface area contributed by atoms with E-state index in [-0.39, 0.29) is 16.5 Å². The van der Waals surface area contributed by atoms with Gasteiger partial charge < -0.3 is 9.88 Å². The van der Waals surface area contributed by atoms with Gasteiger partial charge in [-0.15, -0.1) is 0 Å². The van der Waals surface area contributed by atoms with Crippen molar-refractivity contribution in [2.45, 2.75) is 13.0 Å². The van der Waals surface area contributed by atoms with Crippen molar-refractivity contribution in [2.24, 2.45) is 0 Å². The number of hydrogen-bond acceptors (Lipinski definition) is 2. The molecular weight excluding hydrogens is 317 g/mol. The van der Waals surface area contributed by atoms with E-state index in [0.29, 0.717) is 6.54 Å². The molecule has 2 aromatic carbocycles. The number of amides is 1. The maximum Gasteiger partial charge on any atom is 0.252 e. The molecule has 1 amide bonds. The average Bonchev–Trinajstić information content (AvgIpc) is 2.94. The van der Waals surface area contributed by atoms with Crippen LogP contribution in [0.5, 0.6) is 0 Å². The van der Waals surface area contributed by atoms with Crippen molar-refractivity contribution < 1.29 is 9.18 Å². The molecule has 4 nitrogen and oxygen atoms in total. The lowest BCUT2D eigenvalue weighted by molar-refractivity contribution is 0.0953. The molecule has 1 heterocycles. The van der Waals surface area contributed by atoms with Crippen molar-refractivity contribution in [3.8, 4) is 0 Å². The highest BCUT2D eigenvalue weighted by molar-refractivity contribution is 6.33. The van der Waals surface area contributed by atoms with Gasteiger partial charge in [0.1, 0.15) is 5.82 Å². The van der Waals surface area contributed by atoms with E-state index in [9.17, 15) is 9.18 Å². The third kappa shape index (κ3) is 3.51. The average molecular weight is 332 g/mol. The minimum absolute atomic E-state index is 0.114. The molecule has 0 bridgehead atoms. The zero-order chi connectivity index (χ0) is 16.2. The standard InChI is InChI=1S/C17H15ClFN3O/c18-14-10-12(19)6-7-13(14)17(23)20-8-3-9-22-11-21-15-4-1-2-5-16(15)22/h1-2,4-7,10-11H,3,8-9H2,(H,20,23). The van der Waals surface area contributed by atoms with E-state index < -0.39 is 5.82 Å². The fourth-order valence-electron chi connectivity index (χ4n) is 2.41. The van der Waals surface area contributed by atoms with Crippen molar-refractivity contribution in [1.82, 2.24) is 14.9 Å². The summed E-state index contributed by atoms with van der Waals surface area (Å²) in [6, 6.07) is 11.6. The molecule has 0 atom stereocenters. The van der Waals surface area contributed by atoms with E-state index in [1.807, 2.05) is 28.8 Å². The Balaban J connectivity index is 1.54. The number of nitrogens with one attached hydrogen (secondary N) is 1. The zero-order valence-corrected chi connectivity index (χ0v) is 13.1. The van der Waals surface area contributed by atoms with Gasteiger partial charge in [0.15, 0.2) is 0 Å². The number of imidazole rings is 1. The number of aryl methyl sites for hydroxylation is 1. The lowest BCUT2D eigenvalue weighted by Gasteiger charge is -2.08. The molecular formula is C17H15ClFN3O. The number of halogens is 2. The SMILES string of the molecule is O=C(NCCCn1cnc2ccccc21)c1ccc(F)cc1Cl. The largest absolute Gasteiger partial charge is 0.352 e. The molecule has 0 unspecified atom stereocenters. The van der Waals surface area contributed by atoms with Crippen LogP contribution in [-0.2, 0) is 6.54 Å². The Labute approximate surface area is 137 Å². The van der Waals surface area contributed by atoms with Crippen LogP contribution in [0.3, 0.4) is 0 Å². The van der Waals surface area contributed by atoms with Gasteiger partial charge in [-0.3, -0.25) is 4.79 Å². The Morgan fingerprint density at radius 1 is 1.26 bits per heavy atom. The second-order valence-electron chi connectivity index (χ2n) is 5.16. The number of hydrogen-bond donors (Lipinski definition) is 1. The summed E-state index contributed by atoms with van der Waals surface area (Å²) in [6.07, 6.45) is 2.55. The first kappa shape index (κ1) is 15.5. The van der Waals surface area contributed by atoms with Crippen LogP contribution in [0.25, 0.3) is 11.0 Å². The Kier molecular flexibility index (Phi) is 4.57. The Bertz CT molecular complexity index is 847. The molecule has 1 aromatic heterocycles. The van der Waals surface area contributed by atoms with Crippen molar-refractivity contribution in [3.05, 3.63) is 65.2 Å². The smallest absolute Gasteiger partial charge is 0.252 e. The van der Waals surface area contributed by atoms with Crippen LogP contribution in [0.2, 0.25) is 5.02 Å². The Hall–Kier alpha value is -2.40. The molecule has 0 aliphatic carbocycles. The van der Waals surface area contributed by atoms with E-state index in [2.05, 4.69) is 10.3 Å². The van der Waals surface area contributed by atoms with Gasteiger partial charge in [-0.2, -0.15) is 0 Å². The maximum atomic E-state index is 13.0. The molecule has 6 heteroatoms. The van der Waals surface area contributed by atoms with Gasteiger partial charge in [-0.25, -0.2) is 9.37 Å². The number of rotatable bonds is 5. The fraction of sp³-hybridized carbons (Fsp3) is 0.176. The van der Waals surface area contributed by atoms with Gasteiger partial charge in [0.2, 0.25) is 0 Å². The molecule has 1 N–H and O–H groups in total. The van der Waals surface area contributed by atoms with Crippen molar-refractivity contribution in [3.63, 3.8) is 0 Å². The van der Waals surface area contributed by atoms with Gasteiger partial charge in [0.25, 0.3) is 5.91 Å². The molecule has 3 rings (SSSR count). The van der Waals surface area contributed by atoms with Crippen molar-refractivity contribution >= 4 is 28.5 Å². The van der Waals surface area contributed by atoms with Crippen LogP contribution in [-0.4, -0.2) is 22.0 Å². The highest BCUT2D eigenvalue weighted by Crippen LogP contribution is 2.17. The van der Waals surface area contributed by atoms with E-state index >= 15 is 0 Å². The predicted molar refractivity (Wildman–Crippen MR) is 88.1 cm³/mol. The first-order valence-corrected chi connectivity index (χ1v) is 7.66. The van der Waals surface area contributed by atoms with E-state index in [1.165, 1.54) is 12.1 Å². The molecule has 0 saturated carbocycles. The van der Waals surface area contributed by atoms with Crippen LogP contribution in [0.4, 0.5) is 4.39 Å². The Morgan fingerprint density at radius 2 is 2.09 bits per heavy atom. The molecule has 0 aliphatic heterocycles. The summed E-state index contributed by atoms with van der Waals surface area (Å²) in [7, 11) is 0. The quantitative estimate of drug-likeness (QED) is 0.725. The monoisotopic (exact) mass is 331 g/mol.